The molecule has 88 valence electrons. The number of pyridine rings is 1. The van der Waals surface area contributed by atoms with Gasteiger partial charge in [-0.1, -0.05) is 6.07 Å². The Morgan fingerprint density at radius 2 is 2.06 bits per heavy atom. The maximum atomic E-state index is 12.0. The first-order valence-electron chi connectivity index (χ1n) is 5.12. The molecule has 5 heteroatoms. The second kappa shape index (κ2) is 4.31. The number of anilines is 1. The second-order valence-corrected chi connectivity index (χ2v) is 3.70. The first-order chi connectivity index (χ1) is 8.11. The first kappa shape index (κ1) is 11.2. The van der Waals surface area contributed by atoms with Crippen LogP contribution in [0.5, 0.6) is 5.75 Å². The molecule has 0 atom stereocenters. The van der Waals surface area contributed by atoms with Gasteiger partial charge in [-0.3, -0.25) is 9.36 Å². The number of aromatic nitrogens is 1. The molecule has 0 radical (unpaired) electrons. The predicted octanol–water partition coefficient (Wildman–Crippen LogP) is 0.584. The minimum atomic E-state index is -0.229. The molecule has 1 aromatic carbocycles. The van der Waals surface area contributed by atoms with E-state index in [4.69, 9.17) is 11.5 Å². The summed E-state index contributed by atoms with van der Waals surface area (Å²) in [5, 5.41) is 9.39. The molecule has 0 saturated heterocycles. The van der Waals surface area contributed by atoms with E-state index >= 15 is 0 Å². The average Bonchev–Trinajstić information content (AvgIpc) is 2.31. The zero-order chi connectivity index (χ0) is 12.4. The summed E-state index contributed by atoms with van der Waals surface area (Å²) < 4.78 is 1.37. The zero-order valence-corrected chi connectivity index (χ0v) is 9.13. The number of nitrogen functional groups attached to an aromatic ring is 1. The Kier molecular flexibility index (Phi) is 2.84. The van der Waals surface area contributed by atoms with Crippen molar-refractivity contribution in [3.8, 4) is 11.4 Å². The van der Waals surface area contributed by atoms with E-state index in [1.165, 1.54) is 22.9 Å². The van der Waals surface area contributed by atoms with Crippen LogP contribution in [-0.4, -0.2) is 9.67 Å². The molecular formula is C12H13N3O2. The Morgan fingerprint density at radius 1 is 1.29 bits per heavy atom. The number of hydrogen-bond donors (Lipinski definition) is 3. The lowest BCUT2D eigenvalue weighted by molar-refractivity contribution is 0.475. The molecule has 0 aliphatic rings. The number of benzene rings is 1. The number of rotatable bonds is 2. The summed E-state index contributed by atoms with van der Waals surface area (Å²) in [5.74, 6) is 0.0890. The molecule has 0 aliphatic heterocycles. The maximum Gasteiger partial charge on any atom is 0.259 e. The molecule has 2 rings (SSSR count). The Bertz CT molecular complexity index is 605. The molecule has 1 aromatic heterocycles. The fourth-order valence-corrected chi connectivity index (χ4v) is 1.64. The number of phenolic OH excluding ortho intramolecular Hbond substituents is 1. The van der Waals surface area contributed by atoms with E-state index in [-0.39, 0.29) is 17.9 Å². The third-order valence-corrected chi connectivity index (χ3v) is 2.44. The van der Waals surface area contributed by atoms with Crippen LogP contribution in [0.4, 0.5) is 5.69 Å². The van der Waals surface area contributed by atoms with E-state index in [1.807, 2.05) is 0 Å². The van der Waals surface area contributed by atoms with E-state index < -0.39 is 0 Å². The summed E-state index contributed by atoms with van der Waals surface area (Å²) in [7, 11) is 0. The minimum Gasteiger partial charge on any atom is -0.508 e. The van der Waals surface area contributed by atoms with Crippen molar-refractivity contribution in [2.75, 3.05) is 5.73 Å². The van der Waals surface area contributed by atoms with Gasteiger partial charge in [-0.05, 0) is 18.2 Å². The minimum absolute atomic E-state index is 0.0890. The fraction of sp³-hybridized carbons (Fsp3) is 0.0833. The molecular weight excluding hydrogens is 218 g/mol. The van der Waals surface area contributed by atoms with Crippen LogP contribution in [-0.2, 0) is 6.54 Å². The van der Waals surface area contributed by atoms with Gasteiger partial charge in [-0.15, -0.1) is 0 Å². The van der Waals surface area contributed by atoms with Crippen molar-refractivity contribution in [2.45, 2.75) is 6.54 Å². The Morgan fingerprint density at radius 3 is 2.71 bits per heavy atom. The summed E-state index contributed by atoms with van der Waals surface area (Å²) >= 11 is 0. The van der Waals surface area contributed by atoms with Crippen LogP contribution in [0, 0.1) is 0 Å². The van der Waals surface area contributed by atoms with Gasteiger partial charge >= 0.3 is 0 Å². The van der Waals surface area contributed by atoms with Gasteiger partial charge in [0.15, 0.2) is 0 Å². The number of phenols is 1. The fourth-order valence-electron chi connectivity index (χ4n) is 1.64. The van der Waals surface area contributed by atoms with Crippen molar-refractivity contribution in [1.82, 2.24) is 4.57 Å². The van der Waals surface area contributed by atoms with E-state index in [0.717, 1.165) is 0 Å². The molecule has 17 heavy (non-hydrogen) atoms. The van der Waals surface area contributed by atoms with Gasteiger partial charge in [0, 0.05) is 30.1 Å². The highest BCUT2D eigenvalue weighted by molar-refractivity contribution is 5.45. The standard InChI is InChI=1S/C12H13N3O2/c13-6-8-4-9(14)7-15(12(8)17)10-2-1-3-11(16)5-10/h1-5,7,16H,6,13-14H2. The lowest BCUT2D eigenvalue weighted by Gasteiger charge is -2.09. The highest BCUT2D eigenvalue weighted by Crippen LogP contribution is 2.15. The van der Waals surface area contributed by atoms with E-state index in [1.54, 1.807) is 18.2 Å². The summed E-state index contributed by atoms with van der Waals surface area (Å²) in [4.78, 5) is 12.0. The molecule has 1 heterocycles. The van der Waals surface area contributed by atoms with Crippen molar-refractivity contribution < 1.29 is 5.11 Å². The summed E-state index contributed by atoms with van der Waals surface area (Å²) in [5.41, 5.74) is 12.4. The lowest BCUT2D eigenvalue weighted by Crippen LogP contribution is -2.24. The Balaban J connectivity index is 2.67. The molecule has 0 unspecified atom stereocenters. The van der Waals surface area contributed by atoms with Crippen molar-refractivity contribution in [3.63, 3.8) is 0 Å². The summed E-state index contributed by atoms with van der Waals surface area (Å²) in [6, 6.07) is 7.94. The third kappa shape index (κ3) is 2.14. The molecule has 0 aliphatic carbocycles. The molecule has 0 spiro atoms. The van der Waals surface area contributed by atoms with Crippen LogP contribution in [0.2, 0.25) is 0 Å². The van der Waals surface area contributed by atoms with Crippen molar-refractivity contribution in [1.29, 1.82) is 0 Å². The van der Waals surface area contributed by atoms with Gasteiger partial charge < -0.3 is 16.6 Å². The zero-order valence-electron chi connectivity index (χ0n) is 9.13. The summed E-state index contributed by atoms with van der Waals surface area (Å²) in [6.07, 6.45) is 1.51. The number of aromatic hydroxyl groups is 1. The van der Waals surface area contributed by atoms with E-state index in [0.29, 0.717) is 16.9 Å². The smallest absolute Gasteiger partial charge is 0.259 e. The molecule has 5 N–H and O–H groups in total. The second-order valence-electron chi connectivity index (χ2n) is 3.70. The maximum absolute atomic E-state index is 12.0. The van der Waals surface area contributed by atoms with Crippen LogP contribution >= 0.6 is 0 Å². The van der Waals surface area contributed by atoms with Crippen molar-refractivity contribution in [2.24, 2.45) is 5.73 Å². The van der Waals surface area contributed by atoms with Crippen LogP contribution in [0.1, 0.15) is 5.56 Å². The molecule has 0 fully saturated rings. The van der Waals surface area contributed by atoms with Crippen LogP contribution in [0.3, 0.4) is 0 Å². The van der Waals surface area contributed by atoms with Crippen LogP contribution in [0.25, 0.3) is 5.69 Å². The Labute approximate surface area is 97.9 Å². The van der Waals surface area contributed by atoms with Gasteiger partial charge in [-0.25, -0.2) is 0 Å². The van der Waals surface area contributed by atoms with Crippen molar-refractivity contribution in [3.05, 3.63) is 52.4 Å². The van der Waals surface area contributed by atoms with Gasteiger partial charge in [0.05, 0.1) is 5.69 Å². The first-order valence-corrected chi connectivity index (χ1v) is 5.12. The molecule has 2 aromatic rings. The third-order valence-electron chi connectivity index (χ3n) is 2.44. The lowest BCUT2D eigenvalue weighted by atomic mass is 10.2. The normalized spacial score (nSPS) is 10.4. The van der Waals surface area contributed by atoms with Gasteiger partial charge in [0.25, 0.3) is 5.56 Å². The highest BCUT2D eigenvalue weighted by atomic mass is 16.3. The van der Waals surface area contributed by atoms with Gasteiger partial charge in [-0.2, -0.15) is 0 Å². The van der Waals surface area contributed by atoms with Gasteiger partial charge in [0.1, 0.15) is 5.75 Å². The topological polar surface area (TPSA) is 94.3 Å². The largest absolute Gasteiger partial charge is 0.508 e. The van der Waals surface area contributed by atoms with Gasteiger partial charge in [0.2, 0.25) is 0 Å². The number of hydrogen-bond acceptors (Lipinski definition) is 4. The molecule has 0 saturated carbocycles. The SMILES string of the molecule is NCc1cc(N)cn(-c2cccc(O)c2)c1=O. The monoisotopic (exact) mass is 231 g/mol. The Hall–Kier alpha value is -2.27. The molecule has 5 nitrogen and oxygen atoms in total. The molecule has 0 amide bonds. The molecule has 0 bridgehead atoms. The van der Waals surface area contributed by atoms with Crippen molar-refractivity contribution >= 4 is 5.69 Å². The van der Waals surface area contributed by atoms with E-state index in [9.17, 15) is 9.90 Å². The van der Waals surface area contributed by atoms with E-state index in [2.05, 4.69) is 0 Å². The highest BCUT2D eigenvalue weighted by Gasteiger charge is 2.06. The summed E-state index contributed by atoms with van der Waals surface area (Å²) in [6.45, 7) is 0.128. The average molecular weight is 231 g/mol. The number of nitrogens with two attached hydrogens (primary N) is 2. The number of nitrogens with zero attached hydrogens (tertiary/aromatic N) is 1. The van der Waals surface area contributed by atoms with Crippen LogP contribution < -0.4 is 17.0 Å². The van der Waals surface area contributed by atoms with Crippen LogP contribution in [0.15, 0.2) is 41.3 Å². The quantitative estimate of drug-likeness (QED) is 0.704. The predicted molar refractivity (Wildman–Crippen MR) is 66.0 cm³/mol.